The summed E-state index contributed by atoms with van der Waals surface area (Å²) in [5.74, 6) is 0. The summed E-state index contributed by atoms with van der Waals surface area (Å²) in [6, 6.07) is 0.550. The number of aliphatic hydroxyl groups is 2. The smallest absolute Gasteiger partial charge is 0.0586 e. The minimum absolute atomic E-state index is 0.215. The van der Waals surface area contributed by atoms with Gasteiger partial charge in [-0.05, 0) is 19.9 Å². The van der Waals surface area contributed by atoms with Gasteiger partial charge in [0, 0.05) is 12.1 Å². The van der Waals surface area contributed by atoms with Crippen LogP contribution in [0.2, 0.25) is 0 Å². The Morgan fingerprint density at radius 3 is 1.80 bits per heavy atom. The largest absolute Gasteiger partial charge is 0.395 e. The lowest BCUT2D eigenvalue weighted by atomic mass is 10.2. The van der Waals surface area contributed by atoms with E-state index in [-0.39, 0.29) is 25.3 Å². The zero-order valence-corrected chi connectivity index (χ0v) is 6.32. The van der Waals surface area contributed by atoms with E-state index in [2.05, 4.69) is 4.90 Å². The van der Waals surface area contributed by atoms with Crippen molar-refractivity contribution in [1.82, 2.24) is 4.90 Å². The van der Waals surface area contributed by atoms with Crippen LogP contribution in [0.4, 0.5) is 0 Å². The van der Waals surface area contributed by atoms with Crippen LogP contribution in [0.3, 0.4) is 0 Å². The minimum atomic E-state index is 0.215. The monoisotopic (exact) mass is 145 g/mol. The van der Waals surface area contributed by atoms with E-state index in [9.17, 15) is 0 Å². The third kappa shape index (κ3) is 1.31. The van der Waals surface area contributed by atoms with E-state index in [0.717, 1.165) is 12.8 Å². The Morgan fingerprint density at radius 1 is 1.20 bits per heavy atom. The Bertz CT molecular complexity index is 95.8. The second-order valence-electron chi connectivity index (χ2n) is 2.92. The Balaban J connectivity index is 2.41. The highest BCUT2D eigenvalue weighted by Gasteiger charge is 2.28. The molecule has 0 bridgehead atoms. The molecule has 1 heterocycles. The molecule has 1 aliphatic heterocycles. The zero-order chi connectivity index (χ0) is 7.56. The molecule has 2 N–H and O–H groups in total. The third-order valence-corrected chi connectivity index (χ3v) is 2.41. The summed E-state index contributed by atoms with van der Waals surface area (Å²) in [7, 11) is 1.95. The molecule has 1 rings (SSSR count). The molecule has 0 amide bonds. The van der Waals surface area contributed by atoms with Crippen LogP contribution in [0.1, 0.15) is 12.8 Å². The van der Waals surface area contributed by atoms with Gasteiger partial charge >= 0.3 is 0 Å². The summed E-state index contributed by atoms with van der Waals surface area (Å²) in [5, 5.41) is 17.7. The van der Waals surface area contributed by atoms with Crippen molar-refractivity contribution in [2.24, 2.45) is 0 Å². The molecule has 1 fully saturated rings. The van der Waals surface area contributed by atoms with E-state index in [1.54, 1.807) is 0 Å². The van der Waals surface area contributed by atoms with Crippen molar-refractivity contribution in [3.05, 3.63) is 0 Å². The van der Waals surface area contributed by atoms with Crippen molar-refractivity contribution in [1.29, 1.82) is 0 Å². The predicted molar refractivity (Wildman–Crippen MR) is 38.7 cm³/mol. The number of likely N-dealkylation sites (N-methyl/N-ethyl adjacent to an activating group) is 1. The average molecular weight is 145 g/mol. The molecule has 1 aliphatic rings. The van der Waals surface area contributed by atoms with Gasteiger partial charge in [-0.2, -0.15) is 0 Å². The molecular weight excluding hydrogens is 130 g/mol. The van der Waals surface area contributed by atoms with E-state index in [1.807, 2.05) is 7.05 Å². The Hall–Kier alpha value is -0.120. The molecule has 10 heavy (non-hydrogen) atoms. The summed E-state index contributed by atoms with van der Waals surface area (Å²) >= 11 is 0. The quantitative estimate of drug-likeness (QED) is 0.547. The number of hydrogen-bond acceptors (Lipinski definition) is 3. The van der Waals surface area contributed by atoms with Crippen molar-refractivity contribution < 1.29 is 10.2 Å². The summed E-state index contributed by atoms with van der Waals surface area (Å²) in [4.78, 5) is 2.06. The SMILES string of the molecule is CN1[C@@H](CO)CC[C@@H]1CO. The summed E-state index contributed by atoms with van der Waals surface area (Å²) in [6.45, 7) is 0.431. The van der Waals surface area contributed by atoms with Gasteiger partial charge in [-0.15, -0.1) is 0 Å². The van der Waals surface area contributed by atoms with Gasteiger partial charge in [-0.25, -0.2) is 0 Å². The van der Waals surface area contributed by atoms with Crippen LogP contribution in [0.5, 0.6) is 0 Å². The molecule has 0 spiro atoms. The van der Waals surface area contributed by atoms with Crippen LogP contribution in [0.25, 0.3) is 0 Å². The first-order valence-corrected chi connectivity index (χ1v) is 3.73. The summed E-state index contributed by atoms with van der Waals surface area (Å²) in [5.41, 5.74) is 0. The van der Waals surface area contributed by atoms with E-state index in [1.165, 1.54) is 0 Å². The fourth-order valence-electron chi connectivity index (χ4n) is 1.53. The van der Waals surface area contributed by atoms with Gasteiger partial charge in [-0.3, -0.25) is 4.90 Å². The molecule has 0 radical (unpaired) electrons. The maximum Gasteiger partial charge on any atom is 0.0586 e. The first kappa shape index (κ1) is 7.98. The number of nitrogens with zero attached hydrogens (tertiary/aromatic N) is 1. The van der Waals surface area contributed by atoms with Crippen LogP contribution in [-0.4, -0.2) is 47.5 Å². The highest BCUT2D eigenvalue weighted by atomic mass is 16.3. The maximum absolute atomic E-state index is 8.83. The molecule has 0 aromatic rings. The lowest BCUT2D eigenvalue weighted by molar-refractivity contribution is 0.120. The normalized spacial score (nSPS) is 35.1. The van der Waals surface area contributed by atoms with Gasteiger partial charge in [-0.1, -0.05) is 0 Å². The molecule has 0 aromatic heterocycles. The van der Waals surface area contributed by atoms with E-state index in [0.29, 0.717) is 0 Å². The third-order valence-electron chi connectivity index (χ3n) is 2.41. The molecule has 0 unspecified atom stereocenters. The van der Waals surface area contributed by atoms with Gasteiger partial charge in [0.25, 0.3) is 0 Å². The van der Waals surface area contributed by atoms with Crippen LogP contribution in [-0.2, 0) is 0 Å². The molecular formula is C7H15NO2. The van der Waals surface area contributed by atoms with Gasteiger partial charge in [0.15, 0.2) is 0 Å². The molecule has 3 heteroatoms. The van der Waals surface area contributed by atoms with Crippen molar-refractivity contribution in [3.8, 4) is 0 Å². The van der Waals surface area contributed by atoms with Gasteiger partial charge in [0.2, 0.25) is 0 Å². The summed E-state index contributed by atoms with van der Waals surface area (Å²) in [6.07, 6.45) is 2.02. The number of rotatable bonds is 2. The van der Waals surface area contributed by atoms with Crippen LogP contribution < -0.4 is 0 Å². The van der Waals surface area contributed by atoms with Crippen molar-refractivity contribution in [3.63, 3.8) is 0 Å². The first-order chi connectivity index (χ1) is 4.79. The predicted octanol–water partition coefficient (Wildman–Crippen LogP) is -0.566. The Kier molecular flexibility index (Phi) is 2.65. The first-order valence-electron chi connectivity index (χ1n) is 3.73. The van der Waals surface area contributed by atoms with Crippen molar-refractivity contribution in [2.75, 3.05) is 20.3 Å². The number of likely N-dealkylation sites (tertiary alicyclic amines) is 1. The van der Waals surface area contributed by atoms with Crippen molar-refractivity contribution >= 4 is 0 Å². The highest BCUT2D eigenvalue weighted by molar-refractivity contribution is 4.83. The molecule has 60 valence electrons. The molecule has 3 nitrogen and oxygen atoms in total. The molecule has 2 atom stereocenters. The Morgan fingerprint density at radius 2 is 1.60 bits per heavy atom. The molecule has 0 aromatic carbocycles. The second kappa shape index (κ2) is 3.32. The average Bonchev–Trinajstić information content (AvgIpc) is 2.30. The fourth-order valence-corrected chi connectivity index (χ4v) is 1.53. The summed E-state index contributed by atoms with van der Waals surface area (Å²) < 4.78 is 0. The van der Waals surface area contributed by atoms with Crippen LogP contribution in [0.15, 0.2) is 0 Å². The van der Waals surface area contributed by atoms with E-state index < -0.39 is 0 Å². The van der Waals surface area contributed by atoms with Gasteiger partial charge in [0.05, 0.1) is 13.2 Å². The van der Waals surface area contributed by atoms with E-state index in [4.69, 9.17) is 10.2 Å². The number of aliphatic hydroxyl groups excluding tert-OH is 2. The lowest BCUT2D eigenvalue weighted by Crippen LogP contribution is -2.36. The molecule has 0 saturated carbocycles. The Labute approximate surface area is 61.3 Å². The fraction of sp³-hybridized carbons (Fsp3) is 1.00. The van der Waals surface area contributed by atoms with E-state index >= 15 is 0 Å². The van der Waals surface area contributed by atoms with Crippen molar-refractivity contribution in [2.45, 2.75) is 24.9 Å². The number of hydrogen-bond donors (Lipinski definition) is 2. The van der Waals surface area contributed by atoms with Gasteiger partial charge in [0.1, 0.15) is 0 Å². The van der Waals surface area contributed by atoms with Crippen LogP contribution in [0, 0.1) is 0 Å². The standard InChI is InChI=1S/C7H15NO2/c1-8-6(4-9)2-3-7(8)5-10/h6-7,9-10H,2-5H2,1H3/t6-,7-/m1/s1. The van der Waals surface area contributed by atoms with Crippen LogP contribution >= 0.6 is 0 Å². The maximum atomic E-state index is 8.83. The molecule has 0 aliphatic carbocycles. The topological polar surface area (TPSA) is 43.7 Å². The lowest BCUT2D eigenvalue weighted by Gasteiger charge is -2.22. The zero-order valence-electron chi connectivity index (χ0n) is 6.32. The minimum Gasteiger partial charge on any atom is -0.395 e. The highest BCUT2D eigenvalue weighted by Crippen LogP contribution is 2.20. The molecule has 1 saturated heterocycles. The van der Waals surface area contributed by atoms with Gasteiger partial charge < -0.3 is 10.2 Å². The second-order valence-corrected chi connectivity index (χ2v) is 2.92.